The number of aliphatic imine (C=N–C) groups is 1. The first-order chi connectivity index (χ1) is 12.6. The smallest absolute Gasteiger partial charge is 0.309 e. The average molecular weight is 400 g/mol. The number of benzene rings is 1. The summed E-state index contributed by atoms with van der Waals surface area (Å²) < 4.78 is 5.13. The Balaban J connectivity index is 1.94. The maximum absolute atomic E-state index is 11.9. The van der Waals surface area contributed by atoms with E-state index in [1.165, 1.54) is 0 Å². The summed E-state index contributed by atoms with van der Waals surface area (Å²) >= 11 is 12.4. The van der Waals surface area contributed by atoms with Crippen molar-refractivity contribution in [3.63, 3.8) is 0 Å². The highest BCUT2D eigenvalue weighted by atomic mass is 35.5. The summed E-state index contributed by atoms with van der Waals surface area (Å²) in [7, 11) is 0. The van der Waals surface area contributed by atoms with E-state index in [9.17, 15) is 4.79 Å². The molecule has 0 spiro atoms. The standard InChI is InChI=1S/C19H27Cl2N3O2/c1-3-22-19(23-11-8-15-16(20)6-5-7-17(15)21)24-12-9-14(10-13-24)18(25)26-4-2/h5-7,14H,3-4,8-13H2,1-2H3,(H,22,23). The molecule has 1 aromatic carbocycles. The Bertz CT molecular complexity index is 609. The van der Waals surface area contributed by atoms with Gasteiger partial charge in [-0.1, -0.05) is 29.3 Å². The zero-order valence-corrected chi connectivity index (χ0v) is 16.9. The molecule has 0 bridgehead atoms. The Labute approximate surface area is 165 Å². The average Bonchev–Trinajstić information content (AvgIpc) is 2.63. The molecule has 0 radical (unpaired) electrons. The van der Waals surface area contributed by atoms with Gasteiger partial charge >= 0.3 is 5.97 Å². The minimum atomic E-state index is -0.0811. The van der Waals surface area contributed by atoms with Gasteiger partial charge in [0.25, 0.3) is 0 Å². The highest BCUT2D eigenvalue weighted by molar-refractivity contribution is 6.35. The normalized spacial score (nSPS) is 15.8. The van der Waals surface area contributed by atoms with Crippen LogP contribution in [0.1, 0.15) is 32.3 Å². The van der Waals surface area contributed by atoms with E-state index in [2.05, 4.69) is 10.2 Å². The topological polar surface area (TPSA) is 53.9 Å². The molecule has 2 rings (SSSR count). The Morgan fingerprint density at radius 2 is 1.92 bits per heavy atom. The fourth-order valence-electron chi connectivity index (χ4n) is 3.06. The van der Waals surface area contributed by atoms with Crippen LogP contribution in [0.4, 0.5) is 0 Å². The second kappa shape index (κ2) is 10.6. The lowest BCUT2D eigenvalue weighted by atomic mass is 9.97. The number of likely N-dealkylation sites (tertiary alicyclic amines) is 1. The van der Waals surface area contributed by atoms with Crippen LogP contribution in [0.2, 0.25) is 10.0 Å². The van der Waals surface area contributed by atoms with Gasteiger partial charge in [-0.25, -0.2) is 0 Å². The van der Waals surface area contributed by atoms with E-state index < -0.39 is 0 Å². The first-order valence-corrected chi connectivity index (χ1v) is 9.95. The van der Waals surface area contributed by atoms with Crippen molar-refractivity contribution < 1.29 is 9.53 Å². The van der Waals surface area contributed by atoms with Gasteiger partial charge in [0.2, 0.25) is 0 Å². The van der Waals surface area contributed by atoms with Crippen molar-refractivity contribution in [3.8, 4) is 0 Å². The van der Waals surface area contributed by atoms with Crippen LogP contribution in [0.25, 0.3) is 0 Å². The van der Waals surface area contributed by atoms with Gasteiger partial charge in [0.15, 0.2) is 5.96 Å². The lowest BCUT2D eigenvalue weighted by molar-refractivity contribution is -0.149. The number of esters is 1. The predicted octanol–water partition coefficient (Wildman–Crippen LogP) is 3.78. The van der Waals surface area contributed by atoms with Gasteiger partial charge in [0, 0.05) is 36.2 Å². The molecule has 144 valence electrons. The minimum Gasteiger partial charge on any atom is -0.466 e. The maximum atomic E-state index is 11.9. The zero-order valence-electron chi connectivity index (χ0n) is 15.4. The molecule has 0 amide bonds. The number of carbonyl (C=O) groups is 1. The number of nitrogens with zero attached hydrogens (tertiary/aromatic N) is 2. The van der Waals surface area contributed by atoms with E-state index in [0.29, 0.717) is 29.6 Å². The lowest BCUT2D eigenvalue weighted by Crippen LogP contribution is -2.46. The first kappa shape index (κ1) is 20.8. The number of nitrogens with one attached hydrogen (secondary N) is 1. The third kappa shape index (κ3) is 5.78. The molecule has 0 saturated carbocycles. The van der Waals surface area contributed by atoms with Gasteiger partial charge < -0.3 is 15.0 Å². The summed E-state index contributed by atoms with van der Waals surface area (Å²) in [6.07, 6.45) is 2.27. The van der Waals surface area contributed by atoms with E-state index >= 15 is 0 Å². The van der Waals surface area contributed by atoms with Crippen LogP contribution in [0.5, 0.6) is 0 Å². The lowest BCUT2D eigenvalue weighted by Gasteiger charge is -2.33. The summed E-state index contributed by atoms with van der Waals surface area (Å²) in [5.74, 6) is 0.788. The summed E-state index contributed by atoms with van der Waals surface area (Å²) in [4.78, 5) is 18.8. The van der Waals surface area contributed by atoms with Crippen molar-refractivity contribution in [2.75, 3.05) is 32.8 Å². The van der Waals surface area contributed by atoms with Crippen molar-refractivity contribution in [1.29, 1.82) is 0 Å². The third-order valence-electron chi connectivity index (χ3n) is 4.43. The second-order valence-electron chi connectivity index (χ2n) is 6.20. The molecule has 1 N–H and O–H groups in total. The number of hydrogen-bond donors (Lipinski definition) is 1. The first-order valence-electron chi connectivity index (χ1n) is 9.19. The predicted molar refractivity (Wildman–Crippen MR) is 107 cm³/mol. The Kier molecular flexibility index (Phi) is 8.52. The van der Waals surface area contributed by atoms with Crippen LogP contribution in [0, 0.1) is 5.92 Å². The van der Waals surface area contributed by atoms with E-state index in [4.69, 9.17) is 32.9 Å². The van der Waals surface area contributed by atoms with E-state index in [-0.39, 0.29) is 11.9 Å². The van der Waals surface area contributed by atoms with Gasteiger partial charge in [0.1, 0.15) is 0 Å². The molecule has 1 fully saturated rings. The molecule has 1 aliphatic heterocycles. The summed E-state index contributed by atoms with van der Waals surface area (Å²) in [6.45, 7) is 7.31. The van der Waals surface area contributed by atoms with Crippen molar-refractivity contribution in [1.82, 2.24) is 10.2 Å². The molecule has 0 aliphatic carbocycles. The van der Waals surface area contributed by atoms with E-state index in [1.807, 2.05) is 32.0 Å². The summed E-state index contributed by atoms with van der Waals surface area (Å²) in [5, 5.41) is 4.68. The van der Waals surface area contributed by atoms with Gasteiger partial charge in [-0.2, -0.15) is 0 Å². The highest BCUT2D eigenvalue weighted by Gasteiger charge is 2.27. The molecule has 5 nitrogen and oxygen atoms in total. The molecule has 1 aliphatic rings. The molecule has 1 aromatic rings. The minimum absolute atomic E-state index is 0.00370. The van der Waals surface area contributed by atoms with Crippen LogP contribution < -0.4 is 5.32 Å². The fourth-order valence-corrected chi connectivity index (χ4v) is 3.64. The monoisotopic (exact) mass is 399 g/mol. The number of carbonyl (C=O) groups excluding carboxylic acids is 1. The van der Waals surface area contributed by atoms with Crippen molar-refractivity contribution >= 4 is 35.1 Å². The second-order valence-corrected chi connectivity index (χ2v) is 7.01. The Hall–Kier alpha value is -1.46. The van der Waals surface area contributed by atoms with Crippen LogP contribution in [-0.2, 0) is 16.0 Å². The van der Waals surface area contributed by atoms with Crippen molar-refractivity contribution in [3.05, 3.63) is 33.8 Å². The van der Waals surface area contributed by atoms with Crippen molar-refractivity contribution in [2.24, 2.45) is 10.9 Å². The number of halogens is 2. The molecule has 7 heteroatoms. The number of ether oxygens (including phenoxy) is 1. The van der Waals surface area contributed by atoms with Gasteiger partial charge in [-0.15, -0.1) is 0 Å². The Morgan fingerprint density at radius 3 is 2.50 bits per heavy atom. The third-order valence-corrected chi connectivity index (χ3v) is 5.14. The molecule has 0 aromatic heterocycles. The molecule has 1 saturated heterocycles. The largest absolute Gasteiger partial charge is 0.466 e. The van der Waals surface area contributed by atoms with Gasteiger partial charge in [-0.05, 0) is 50.8 Å². The molecule has 0 unspecified atom stereocenters. The summed E-state index contributed by atoms with van der Waals surface area (Å²) in [6, 6.07) is 5.53. The number of piperidine rings is 1. The van der Waals surface area contributed by atoms with Crippen LogP contribution in [0.3, 0.4) is 0 Å². The Morgan fingerprint density at radius 1 is 1.27 bits per heavy atom. The van der Waals surface area contributed by atoms with E-state index in [0.717, 1.165) is 44.0 Å². The molecular weight excluding hydrogens is 373 g/mol. The molecule has 0 atom stereocenters. The molecular formula is C19H27Cl2N3O2. The number of guanidine groups is 1. The highest BCUT2D eigenvalue weighted by Crippen LogP contribution is 2.24. The van der Waals surface area contributed by atoms with Crippen LogP contribution >= 0.6 is 23.2 Å². The molecule has 26 heavy (non-hydrogen) atoms. The number of hydrogen-bond acceptors (Lipinski definition) is 3. The quantitative estimate of drug-likeness (QED) is 0.449. The SMILES string of the molecule is CCNC(=NCCc1c(Cl)cccc1Cl)N1CCC(C(=O)OCC)CC1. The molecule has 1 heterocycles. The maximum Gasteiger partial charge on any atom is 0.309 e. The van der Waals surface area contributed by atoms with Crippen LogP contribution in [0.15, 0.2) is 23.2 Å². The zero-order chi connectivity index (χ0) is 18.9. The van der Waals surface area contributed by atoms with Crippen LogP contribution in [-0.4, -0.2) is 49.6 Å². The number of rotatable bonds is 6. The van der Waals surface area contributed by atoms with Gasteiger partial charge in [-0.3, -0.25) is 9.79 Å². The van der Waals surface area contributed by atoms with E-state index in [1.54, 1.807) is 0 Å². The van der Waals surface area contributed by atoms with Gasteiger partial charge in [0.05, 0.1) is 12.5 Å². The fraction of sp³-hybridized carbons (Fsp3) is 0.579. The van der Waals surface area contributed by atoms with Crippen molar-refractivity contribution in [2.45, 2.75) is 33.1 Å². The summed E-state index contributed by atoms with van der Waals surface area (Å²) in [5.41, 5.74) is 0.927.